The Morgan fingerprint density at radius 1 is 1.00 bits per heavy atom. The molecule has 0 saturated heterocycles. The second-order valence-corrected chi connectivity index (χ2v) is 8.83. The highest BCUT2D eigenvalue weighted by molar-refractivity contribution is 6.22. The van der Waals surface area contributed by atoms with E-state index in [4.69, 9.17) is 0 Å². The Bertz CT molecular complexity index is 1570. The fourth-order valence-corrected chi connectivity index (χ4v) is 4.78. The van der Waals surface area contributed by atoms with Crippen LogP contribution in [-0.2, 0) is 4.79 Å². The number of fused-ring (bicyclic) bond motifs is 1. The van der Waals surface area contributed by atoms with Gasteiger partial charge in [-0.2, -0.15) is 0 Å². The van der Waals surface area contributed by atoms with E-state index in [1.165, 1.54) is 12.3 Å². The summed E-state index contributed by atoms with van der Waals surface area (Å²) in [4.78, 5) is 39.7. The van der Waals surface area contributed by atoms with E-state index >= 15 is 0 Å². The lowest BCUT2D eigenvalue weighted by atomic mass is 9.97. The van der Waals surface area contributed by atoms with Crippen molar-refractivity contribution in [1.82, 2.24) is 10.3 Å². The fourth-order valence-electron chi connectivity index (χ4n) is 4.78. The molecule has 3 aromatic carbocycles. The zero-order valence-corrected chi connectivity index (χ0v) is 19.5. The van der Waals surface area contributed by atoms with Crippen LogP contribution in [0.1, 0.15) is 21.5 Å². The Labute approximate surface area is 206 Å². The predicted molar refractivity (Wildman–Crippen MR) is 137 cm³/mol. The molecule has 2 aliphatic heterocycles. The molecule has 178 valence electrons. The number of rotatable bonds is 3. The number of carbonyl (C=O) groups excluding carboxylic acids is 2. The van der Waals surface area contributed by atoms with Gasteiger partial charge in [0.2, 0.25) is 6.17 Å². The molecule has 0 spiro atoms. The van der Waals surface area contributed by atoms with Crippen LogP contribution in [-0.4, -0.2) is 48.8 Å². The molecular formula is C28H22FN5O2. The van der Waals surface area contributed by atoms with Crippen LogP contribution in [0.3, 0.4) is 0 Å². The minimum Gasteiger partial charge on any atom is -0.371 e. The molecule has 2 aliphatic rings. The zero-order chi connectivity index (χ0) is 24.8. The van der Waals surface area contributed by atoms with Gasteiger partial charge < -0.3 is 15.1 Å². The van der Waals surface area contributed by atoms with Gasteiger partial charge in [0, 0.05) is 42.8 Å². The van der Waals surface area contributed by atoms with Crippen molar-refractivity contribution >= 4 is 39.8 Å². The van der Waals surface area contributed by atoms with Crippen LogP contribution in [0.5, 0.6) is 0 Å². The van der Waals surface area contributed by atoms with Gasteiger partial charge in [-0.1, -0.05) is 42.5 Å². The van der Waals surface area contributed by atoms with Crippen LogP contribution in [0.2, 0.25) is 0 Å². The molecule has 8 heteroatoms. The largest absolute Gasteiger partial charge is 0.371 e. The van der Waals surface area contributed by atoms with Crippen molar-refractivity contribution in [3.63, 3.8) is 0 Å². The Kier molecular flexibility index (Phi) is 5.21. The van der Waals surface area contributed by atoms with E-state index in [0.29, 0.717) is 35.6 Å². The maximum atomic E-state index is 15.0. The van der Waals surface area contributed by atoms with E-state index in [2.05, 4.69) is 20.2 Å². The SMILES string of the molecule is CN1CCN2C(=O)C(NC(=O)c3cnc4ccccc4c3)N=C(c3ccccc3F)c3cccc1c32. The van der Waals surface area contributed by atoms with Crippen molar-refractivity contribution < 1.29 is 14.0 Å². The maximum Gasteiger partial charge on any atom is 0.272 e. The quantitative estimate of drug-likeness (QED) is 0.485. The highest BCUT2D eigenvalue weighted by Gasteiger charge is 2.37. The molecule has 0 aliphatic carbocycles. The Morgan fingerprint density at radius 3 is 2.64 bits per heavy atom. The highest BCUT2D eigenvalue weighted by Crippen LogP contribution is 2.39. The molecule has 1 N–H and O–H groups in total. The van der Waals surface area contributed by atoms with E-state index in [-0.39, 0.29) is 11.5 Å². The molecule has 1 unspecified atom stereocenters. The van der Waals surface area contributed by atoms with Gasteiger partial charge in [0.25, 0.3) is 11.8 Å². The lowest BCUT2D eigenvalue weighted by molar-refractivity contribution is -0.120. The standard InChI is InChI=1S/C28H22FN5O2/c1-33-13-14-34-25-20(9-6-12-23(25)33)24(19-8-3-4-10-21(19)29)31-26(28(34)36)32-27(35)18-15-17-7-2-5-11-22(17)30-16-18/h2-12,15-16,26H,13-14H2,1H3,(H,32,35). The van der Waals surface area contributed by atoms with Gasteiger partial charge in [-0.3, -0.25) is 14.6 Å². The lowest BCUT2D eigenvalue weighted by Gasteiger charge is -2.36. The summed E-state index contributed by atoms with van der Waals surface area (Å²) in [6.07, 6.45) is 0.241. The second-order valence-electron chi connectivity index (χ2n) is 8.83. The molecule has 7 nitrogen and oxygen atoms in total. The Morgan fingerprint density at radius 2 is 1.78 bits per heavy atom. The molecule has 1 atom stereocenters. The van der Waals surface area contributed by atoms with Crippen molar-refractivity contribution in [3.8, 4) is 0 Å². The number of hydrogen-bond acceptors (Lipinski definition) is 5. The second kappa shape index (κ2) is 8.57. The third kappa shape index (κ3) is 3.58. The first-order valence-electron chi connectivity index (χ1n) is 11.7. The molecule has 2 amide bonds. The van der Waals surface area contributed by atoms with Gasteiger partial charge in [-0.25, -0.2) is 9.38 Å². The molecular weight excluding hydrogens is 457 g/mol. The summed E-state index contributed by atoms with van der Waals surface area (Å²) in [6.45, 7) is 1.04. The van der Waals surface area contributed by atoms with Crippen molar-refractivity contribution in [2.75, 3.05) is 29.9 Å². The van der Waals surface area contributed by atoms with Gasteiger partial charge in [-0.15, -0.1) is 0 Å². The number of benzene rings is 3. The number of amides is 2. The molecule has 36 heavy (non-hydrogen) atoms. The maximum absolute atomic E-state index is 15.0. The number of aromatic nitrogens is 1. The van der Waals surface area contributed by atoms with Crippen LogP contribution < -0.4 is 15.1 Å². The number of carbonyl (C=O) groups is 2. The molecule has 0 saturated carbocycles. The van der Waals surface area contributed by atoms with Crippen molar-refractivity contribution in [2.24, 2.45) is 4.99 Å². The van der Waals surface area contributed by atoms with E-state index in [0.717, 1.165) is 16.6 Å². The summed E-state index contributed by atoms with van der Waals surface area (Å²) < 4.78 is 15.0. The van der Waals surface area contributed by atoms with Crippen molar-refractivity contribution in [2.45, 2.75) is 6.17 Å². The zero-order valence-electron chi connectivity index (χ0n) is 19.5. The molecule has 6 rings (SSSR count). The van der Waals surface area contributed by atoms with Crippen LogP contribution in [0, 0.1) is 5.82 Å². The van der Waals surface area contributed by atoms with Crippen LogP contribution >= 0.6 is 0 Å². The predicted octanol–water partition coefficient (Wildman–Crippen LogP) is 3.76. The number of hydrogen-bond donors (Lipinski definition) is 1. The van der Waals surface area contributed by atoms with Gasteiger partial charge in [0.1, 0.15) is 5.82 Å². The number of halogens is 1. The topological polar surface area (TPSA) is 77.9 Å². The first kappa shape index (κ1) is 21.9. The average Bonchev–Trinajstić information content (AvgIpc) is 3.01. The monoisotopic (exact) mass is 479 g/mol. The third-order valence-corrected chi connectivity index (χ3v) is 6.62. The third-order valence-electron chi connectivity index (χ3n) is 6.62. The average molecular weight is 480 g/mol. The summed E-state index contributed by atoms with van der Waals surface area (Å²) in [6, 6.07) is 21.1. The first-order chi connectivity index (χ1) is 17.5. The molecule has 0 fully saturated rings. The van der Waals surface area contributed by atoms with E-state index in [1.54, 1.807) is 29.2 Å². The molecule has 0 bridgehead atoms. The Balaban J connectivity index is 1.46. The van der Waals surface area contributed by atoms with Gasteiger partial charge in [-0.05, 0) is 30.3 Å². The molecule has 0 radical (unpaired) electrons. The van der Waals surface area contributed by atoms with Crippen molar-refractivity contribution in [3.05, 3.63) is 102 Å². The molecule has 1 aromatic heterocycles. The minimum atomic E-state index is -1.23. The smallest absolute Gasteiger partial charge is 0.272 e. The lowest BCUT2D eigenvalue weighted by Crippen LogP contribution is -2.51. The summed E-state index contributed by atoms with van der Waals surface area (Å²) in [5, 5.41) is 3.58. The van der Waals surface area contributed by atoms with E-state index in [9.17, 15) is 14.0 Å². The van der Waals surface area contributed by atoms with Crippen molar-refractivity contribution in [1.29, 1.82) is 0 Å². The number of pyridine rings is 1. The number of nitrogens with one attached hydrogen (secondary N) is 1. The van der Waals surface area contributed by atoms with Crippen LogP contribution in [0.4, 0.5) is 15.8 Å². The number of anilines is 2. The number of aliphatic imine (C=N–C) groups is 1. The van der Waals surface area contributed by atoms with Gasteiger partial charge in [0.05, 0.1) is 28.2 Å². The molecule has 3 heterocycles. The summed E-state index contributed by atoms with van der Waals surface area (Å²) >= 11 is 0. The minimum absolute atomic E-state index is 0.264. The van der Waals surface area contributed by atoms with E-state index < -0.39 is 17.9 Å². The molecule has 4 aromatic rings. The fraction of sp³-hybridized carbons (Fsp3) is 0.143. The number of nitrogens with zero attached hydrogens (tertiary/aromatic N) is 4. The number of likely N-dealkylation sites (N-methyl/N-ethyl adjacent to an activating group) is 1. The van der Waals surface area contributed by atoms with E-state index in [1.807, 2.05) is 49.5 Å². The number of para-hydroxylation sites is 2. The van der Waals surface area contributed by atoms with Crippen LogP contribution in [0.25, 0.3) is 10.9 Å². The summed E-state index contributed by atoms with van der Waals surface area (Å²) in [5.74, 6) is -1.31. The van der Waals surface area contributed by atoms with Gasteiger partial charge in [0.15, 0.2) is 0 Å². The van der Waals surface area contributed by atoms with Crippen LogP contribution in [0.15, 0.2) is 84.0 Å². The van der Waals surface area contributed by atoms with Gasteiger partial charge >= 0.3 is 0 Å². The summed E-state index contributed by atoms with van der Waals surface area (Å²) in [7, 11) is 1.95. The summed E-state index contributed by atoms with van der Waals surface area (Å²) in [5.41, 5.74) is 3.81. The normalized spacial score (nSPS) is 16.9. The Hall–Kier alpha value is -4.59. The first-order valence-corrected chi connectivity index (χ1v) is 11.7. The highest BCUT2D eigenvalue weighted by atomic mass is 19.1.